The summed E-state index contributed by atoms with van der Waals surface area (Å²) in [5.74, 6) is 1.45. The Kier molecular flexibility index (Phi) is 6.07. The zero-order chi connectivity index (χ0) is 20.1. The SMILES string of the molecule is COCCNc1nccc(-c2cc(N3CCOCC3)c3cc(OC)ccc3c2)n1. The molecule has 0 amide bonds. The first-order valence-electron chi connectivity index (χ1n) is 9.79. The number of ether oxygens (including phenoxy) is 3. The summed E-state index contributed by atoms with van der Waals surface area (Å²) >= 11 is 0. The monoisotopic (exact) mass is 394 g/mol. The van der Waals surface area contributed by atoms with Crippen LogP contribution in [-0.4, -0.2) is 63.6 Å². The fourth-order valence-corrected chi connectivity index (χ4v) is 3.53. The van der Waals surface area contributed by atoms with Gasteiger partial charge < -0.3 is 24.4 Å². The van der Waals surface area contributed by atoms with Crippen LogP contribution in [-0.2, 0) is 9.47 Å². The fraction of sp³-hybridized carbons (Fsp3) is 0.364. The van der Waals surface area contributed by atoms with Crippen LogP contribution in [0.15, 0.2) is 42.6 Å². The first kappa shape index (κ1) is 19.4. The Labute approximate surface area is 170 Å². The summed E-state index contributed by atoms with van der Waals surface area (Å²) in [7, 11) is 3.37. The van der Waals surface area contributed by atoms with Gasteiger partial charge >= 0.3 is 0 Å². The highest BCUT2D eigenvalue weighted by Gasteiger charge is 2.17. The summed E-state index contributed by atoms with van der Waals surface area (Å²) in [5, 5.41) is 5.51. The lowest BCUT2D eigenvalue weighted by Gasteiger charge is -2.30. The highest BCUT2D eigenvalue weighted by molar-refractivity contribution is 5.98. The number of aromatic nitrogens is 2. The molecule has 1 N–H and O–H groups in total. The molecule has 1 saturated heterocycles. The number of nitrogens with zero attached hydrogens (tertiary/aromatic N) is 3. The molecule has 0 saturated carbocycles. The molecule has 7 heteroatoms. The van der Waals surface area contributed by atoms with E-state index < -0.39 is 0 Å². The number of fused-ring (bicyclic) bond motifs is 1. The molecule has 152 valence electrons. The van der Waals surface area contributed by atoms with E-state index in [1.165, 1.54) is 11.1 Å². The second-order valence-corrected chi connectivity index (χ2v) is 6.87. The van der Waals surface area contributed by atoms with E-state index >= 15 is 0 Å². The van der Waals surface area contributed by atoms with Crippen molar-refractivity contribution < 1.29 is 14.2 Å². The van der Waals surface area contributed by atoms with Crippen molar-refractivity contribution in [2.24, 2.45) is 0 Å². The van der Waals surface area contributed by atoms with Gasteiger partial charge in [-0.15, -0.1) is 0 Å². The maximum Gasteiger partial charge on any atom is 0.223 e. The van der Waals surface area contributed by atoms with Crippen molar-refractivity contribution in [3.63, 3.8) is 0 Å². The summed E-state index contributed by atoms with van der Waals surface area (Å²) in [6.07, 6.45) is 1.78. The minimum atomic E-state index is 0.599. The highest BCUT2D eigenvalue weighted by Crippen LogP contribution is 2.35. The third-order valence-electron chi connectivity index (χ3n) is 5.03. The van der Waals surface area contributed by atoms with Crippen molar-refractivity contribution in [3.05, 3.63) is 42.6 Å². The molecule has 7 nitrogen and oxygen atoms in total. The van der Waals surface area contributed by atoms with Crippen LogP contribution in [0, 0.1) is 0 Å². The molecular formula is C22H26N4O3. The van der Waals surface area contributed by atoms with Crippen LogP contribution >= 0.6 is 0 Å². The van der Waals surface area contributed by atoms with E-state index in [4.69, 9.17) is 19.2 Å². The zero-order valence-corrected chi connectivity index (χ0v) is 16.9. The lowest BCUT2D eigenvalue weighted by atomic mass is 10.0. The number of hydrogen-bond acceptors (Lipinski definition) is 7. The molecule has 0 bridgehead atoms. The van der Waals surface area contributed by atoms with Crippen molar-refractivity contribution in [1.29, 1.82) is 0 Å². The molecule has 0 aliphatic carbocycles. The van der Waals surface area contributed by atoms with E-state index in [0.717, 1.165) is 48.7 Å². The van der Waals surface area contributed by atoms with E-state index in [9.17, 15) is 0 Å². The number of morpholine rings is 1. The lowest BCUT2D eigenvalue weighted by molar-refractivity contribution is 0.123. The molecule has 29 heavy (non-hydrogen) atoms. The number of nitrogens with one attached hydrogen (secondary N) is 1. The summed E-state index contributed by atoms with van der Waals surface area (Å²) < 4.78 is 16.1. The molecule has 1 aromatic heterocycles. The summed E-state index contributed by atoms with van der Waals surface area (Å²) in [4.78, 5) is 11.4. The van der Waals surface area contributed by atoms with Crippen molar-refractivity contribution in [2.45, 2.75) is 0 Å². The van der Waals surface area contributed by atoms with Gasteiger partial charge in [-0.05, 0) is 35.7 Å². The van der Waals surface area contributed by atoms with Crippen LogP contribution in [0.25, 0.3) is 22.0 Å². The quantitative estimate of drug-likeness (QED) is 0.617. The molecule has 3 aromatic rings. The van der Waals surface area contributed by atoms with Crippen molar-refractivity contribution in [3.8, 4) is 17.0 Å². The minimum absolute atomic E-state index is 0.599. The van der Waals surface area contributed by atoms with Crippen LogP contribution in [0.2, 0.25) is 0 Å². The Morgan fingerprint density at radius 3 is 2.76 bits per heavy atom. The first-order chi connectivity index (χ1) is 14.3. The predicted octanol–water partition coefficient (Wildman–Crippen LogP) is 3.20. The van der Waals surface area contributed by atoms with E-state index in [-0.39, 0.29) is 0 Å². The van der Waals surface area contributed by atoms with Gasteiger partial charge in [-0.2, -0.15) is 0 Å². The molecule has 0 radical (unpaired) electrons. The predicted molar refractivity (Wildman–Crippen MR) is 115 cm³/mol. The Bertz CT molecular complexity index is 973. The second-order valence-electron chi connectivity index (χ2n) is 6.87. The van der Waals surface area contributed by atoms with Gasteiger partial charge in [0.1, 0.15) is 5.75 Å². The van der Waals surface area contributed by atoms with Crippen LogP contribution in [0.3, 0.4) is 0 Å². The Balaban J connectivity index is 1.76. The lowest BCUT2D eigenvalue weighted by Crippen LogP contribution is -2.36. The van der Waals surface area contributed by atoms with Gasteiger partial charge in [0.05, 0.1) is 32.6 Å². The number of methoxy groups -OCH3 is 2. The standard InChI is InChI=1S/C22H26N4O3/c1-27-10-7-24-22-23-6-5-20(25-22)17-13-16-3-4-18(28-2)15-19(16)21(14-17)26-8-11-29-12-9-26/h3-6,13-15H,7-12H2,1-2H3,(H,23,24,25). The summed E-state index contributed by atoms with van der Waals surface area (Å²) in [6, 6.07) is 12.5. The smallest absolute Gasteiger partial charge is 0.223 e. The van der Waals surface area contributed by atoms with Gasteiger partial charge in [-0.3, -0.25) is 0 Å². The second kappa shape index (κ2) is 9.07. The van der Waals surface area contributed by atoms with Crippen molar-refractivity contribution in [2.75, 3.05) is 63.9 Å². The van der Waals surface area contributed by atoms with Gasteiger partial charge in [-0.1, -0.05) is 6.07 Å². The fourth-order valence-electron chi connectivity index (χ4n) is 3.53. The highest BCUT2D eigenvalue weighted by atomic mass is 16.5. The van der Waals surface area contributed by atoms with Gasteiger partial charge in [0.25, 0.3) is 0 Å². The first-order valence-corrected chi connectivity index (χ1v) is 9.79. The third kappa shape index (κ3) is 4.41. The molecule has 4 rings (SSSR count). The van der Waals surface area contributed by atoms with Gasteiger partial charge in [0.15, 0.2) is 0 Å². The van der Waals surface area contributed by atoms with Gasteiger partial charge in [-0.25, -0.2) is 9.97 Å². The maximum absolute atomic E-state index is 5.55. The number of benzene rings is 2. The third-order valence-corrected chi connectivity index (χ3v) is 5.03. The number of hydrogen-bond donors (Lipinski definition) is 1. The molecule has 1 aliphatic heterocycles. The summed E-state index contributed by atoms with van der Waals surface area (Å²) in [5.41, 5.74) is 3.11. The topological polar surface area (TPSA) is 68.7 Å². The maximum atomic E-state index is 5.55. The molecule has 0 atom stereocenters. The van der Waals surface area contributed by atoms with Crippen molar-refractivity contribution >= 4 is 22.4 Å². The van der Waals surface area contributed by atoms with E-state index in [1.807, 2.05) is 12.1 Å². The molecule has 2 heterocycles. The molecule has 1 fully saturated rings. The van der Waals surface area contributed by atoms with Crippen LogP contribution < -0.4 is 15.0 Å². The summed E-state index contributed by atoms with van der Waals surface area (Å²) in [6.45, 7) is 4.46. The Morgan fingerprint density at radius 1 is 1.10 bits per heavy atom. The molecular weight excluding hydrogens is 368 g/mol. The van der Waals surface area contributed by atoms with Crippen LogP contribution in [0.1, 0.15) is 0 Å². The van der Waals surface area contributed by atoms with E-state index in [2.05, 4.69) is 39.5 Å². The Hall–Kier alpha value is -2.90. The van der Waals surface area contributed by atoms with E-state index in [0.29, 0.717) is 19.1 Å². The van der Waals surface area contributed by atoms with Crippen LogP contribution in [0.4, 0.5) is 11.6 Å². The zero-order valence-electron chi connectivity index (χ0n) is 16.9. The molecule has 0 spiro atoms. The average molecular weight is 394 g/mol. The number of anilines is 2. The molecule has 2 aromatic carbocycles. The number of rotatable bonds is 7. The van der Waals surface area contributed by atoms with Crippen LogP contribution in [0.5, 0.6) is 5.75 Å². The van der Waals surface area contributed by atoms with Crippen molar-refractivity contribution in [1.82, 2.24) is 9.97 Å². The van der Waals surface area contributed by atoms with E-state index in [1.54, 1.807) is 20.4 Å². The average Bonchev–Trinajstić information content (AvgIpc) is 2.79. The van der Waals surface area contributed by atoms with Gasteiger partial charge in [0.2, 0.25) is 5.95 Å². The normalized spacial score (nSPS) is 14.2. The van der Waals surface area contributed by atoms with Gasteiger partial charge in [0, 0.05) is 49.6 Å². The molecule has 1 aliphatic rings. The molecule has 0 unspecified atom stereocenters. The minimum Gasteiger partial charge on any atom is -0.497 e. The Morgan fingerprint density at radius 2 is 1.97 bits per heavy atom. The largest absolute Gasteiger partial charge is 0.497 e.